The first-order valence-electron chi connectivity index (χ1n) is 5.61. The number of nitrogens with zero attached hydrogens (tertiary/aromatic N) is 1. The van der Waals surface area contributed by atoms with Crippen molar-refractivity contribution in [2.45, 2.75) is 12.8 Å². The number of hydrogen-bond donors (Lipinski definition) is 1. The van der Waals surface area contributed by atoms with Crippen LogP contribution in [-0.4, -0.2) is 18.2 Å². The van der Waals surface area contributed by atoms with Crippen molar-refractivity contribution >= 4 is 10.9 Å². The Morgan fingerprint density at radius 3 is 2.76 bits per heavy atom. The Morgan fingerprint density at radius 1 is 1.47 bits per heavy atom. The maximum Gasteiger partial charge on any atom is 0.147 e. The topological polar surface area (TPSA) is 40.2 Å². The normalized spacial score (nSPS) is 13.0. The summed E-state index contributed by atoms with van der Waals surface area (Å²) in [7, 11) is 3.42. The highest BCUT2D eigenvalue weighted by Gasteiger charge is 2.18. The molecule has 0 aliphatic heterocycles. The van der Waals surface area contributed by atoms with Crippen LogP contribution in [0.2, 0.25) is 0 Å². The maximum absolute atomic E-state index is 13.8. The molecule has 1 atom stereocenters. The summed E-state index contributed by atoms with van der Waals surface area (Å²) in [5.41, 5.74) is 7.29. The maximum atomic E-state index is 13.8. The van der Waals surface area contributed by atoms with Crippen LogP contribution < -0.4 is 10.5 Å². The van der Waals surface area contributed by atoms with Crippen LogP contribution in [0.5, 0.6) is 5.75 Å². The van der Waals surface area contributed by atoms with Gasteiger partial charge < -0.3 is 15.0 Å². The van der Waals surface area contributed by atoms with Crippen LogP contribution in [0.15, 0.2) is 18.3 Å². The van der Waals surface area contributed by atoms with Crippen LogP contribution in [-0.2, 0) is 7.05 Å². The summed E-state index contributed by atoms with van der Waals surface area (Å²) in [6, 6.07) is 3.09. The van der Waals surface area contributed by atoms with Crippen LogP contribution in [0.1, 0.15) is 18.4 Å². The van der Waals surface area contributed by atoms with Crippen LogP contribution >= 0.6 is 0 Å². The van der Waals surface area contributed by atoms with E-state index in [0.717, 1.165) is 10.9 Å². The van der Waals surface area contributed by atoms with E-state index in [1.807, 2.05) is 20.2 Å². The Hall–Kier alpha value is -1.55. The van der Waals surface area contributed by atoms with E-state index in [2.05, 4.69) is 0 Å². The first kappa shape index (κ1) is 11.9. The van der Waals surface area contributed by atoms with Crippen molar-refractivity contribution in [2.75, 3.05) is 13.7 Å². The summed E-state index contributed by atoms with van der Waals surface area (Å²) < 4.78 is 20.9. The van der Waals surface area contributed by atoms with E-state index in [1.165, 1.54) is 6.07 Å². The molecule has 1 aromatic carbocycles. The lowest BCUT2D eigenvalue weighted by molar-refractivity contribution is 0.418. The van der Waals surface area contributed by atoms with Crippen LogP contribution in [0, 0.1) is 5.82 Å². The van der Waals surface area contributed by atoms with Gasteiger partial charge in [-0.1, -0.05) is 6.92 Å². The number of methoxy groups -OCH3 is 1. The molecule has 0 aliphatic rings. The van der Waals surface area contributed by atoms with Gasteiger partial charge in [0.2, 0.25) is 0 Å². The van der Waals surface area contributed by atoms with E-state index in [-0.39, 0.29) is 11.7 Å². The molecule has 0 spiro atoms. The van der Waals surface area contributed by atoms with Crippen LogP contribution in [0.3, 0.4) is 0 Å². The van der Waals surface area contributed by atoms with Gasteiger partial charge in [-0.2, -0.15) is 0 Å². The molecule has 0 saturated heterocycles. The van der Waals surface area contributed by atoms with E-state index < -0.39 is 0 Å². The molecule has 1 unspecified atom stereocenters. The first-order valence-corrected chi connectivity index (χ1v) is 5.61. The molecule has 0 saturated carbocycles. The van der Waals surface area contributed by atoms with Crippen molar-refractivity contribution in [3.63, 3.8) is 0 Å². The fourth-order valence-electron chi connectivity index (χ4n) is 2.18. The molecular weight excluding hydrogens is 219 g/mol. The number of aromatic nitrogens is 1. The van der Waals surface area contributed by atoms with E-state index in [0.29, 0.717) is 17.8 Å². The monoisotopic (exact) mass is 236 g/mol. The van der Waals surface area contributed by atoms with Crippen molar-refractivity contribution in [3.8, 4) is 5.75 Å². The SMILES string of the molecule is COc1ccc(F)c2c1c(C(C)CN)cn2C. The summed E-state index contributed by atoms with van der Waals surface area (Å²) in [5.74, 6) is 0.630. The largest absolute Gasteiger partial charge is 0.496 e. The lowest BCUT2D eigenvalue weighted by Gasteiger charge is -2.09. The van der Waals surface area contributed by atoms with Crippen LogP contribution in [0.25, 0.3) is 10.9 Å². The van der Waals surface area contributed by atoms with Crippen LogP contribution in [0.4, 0.5) is 4.39 Å². The minimum absolute atomic E-state index is 0.175. The molecule has 1 aromatic heterocycles. The van der Waals surface area contributed by atoms with Crippen molar-refractivity contribution in [3.05, 3.63) is 29.7 Å². The van der Waals surface area contributed by atoms with E-state index in [1.54, 1.807) is 17.7 Å². The third kappa shape index (κ3) is 1.78. The number of rotatable bonds is 3. The third-order valence-electron chi connectivity index (χ3n) is 3.17. The summed E-state index contributed by atoms with van der Waals surface area (Å²) in [6.45, 7) is 2.55. The molecule has 0 radical (unpaired) electrons. The highest BCUT2D eigenvalue weighted by atomic mass is 19.1. The van der Waals surface area contributed by atoms with Crippen molar-refractivity contribution in [1.29, 1.82) is 0 Å². The van der Waals surface area contributed by atoms with Gasteiger partial charge in [-0.05, 0) is 30.2 Å². The second kappa shape index (κ2) is 4.37. The molecule has 0 bridgehead atoms. The van der Waals surface area contributed by atoms with E-state index >= 15 is 0 Å². The van der Waals surface area contributed by atoms with Crippen molar-refractivity contribution in [2.24, 2.45) is 12.8 Å². The molecule has 2 rings (SSSR count). The molecule has 3 nitrogen and oxygen atoms in total. The molecule has 4 heteroatoms. The van der Waals surface area contributed by atoms with Gasteiger partial charge in [0.15, 0.2) is 0 Å². The van der Waals surface area contributed by atoms with Gasteiger partial charge in [-0.25, -0.2) is 4.39 Å². The van der Waals surface area contributed by atoms with Gasteiger partial charge in [0.1, 0.15) is 11.6 Å². The fourth-order valence-corrected chi connectivity index (χ4v) is 2.18. The number of aryl methyl sites for hydroxylation is 1. The third-order valence-corrected chi connectivity index (χ3v) is 3.17. The number of ether oxygens (including phenoxy) is 1. The number of nitrogens with two attached hydrogens (primary N) is 1. The summed E-state index contributed by atoms with van der Waals surface area (Å²) in [4.78, 5) is 0. The quantitative estimate of drug-likeness (QED) is 0.888. The van der Waals surface area contributed by atoms with Crippen molar-refractivity contribution < 1.29 is 9.13 Å². The predicted octanol–water partition coefficient (Wildman–Crippen LogP) is 2.39. The summed E-state index contributed by atoms with van der Waals surface area (Å²) in [5, 5.41) is 0.827. The average molecular weight is 236 g/mol. The zero-order valence-corrected chi connectivity index (χ0v) is 10.3. The highest BCUT2D eigenvalue weighted by molar-refractivity contribution is 5.91. The van der Waals surface area contributed by atoms with Gasteiger partial charge in [0.25, 0.3) is 0 Å². The number of fused-ring (bicyclic) bond motifs is 1. The molecular formula is C13H17FN2O. The Morgan fingerprint density at radius 2 is 2.18 bits per heavy atom. The van der Waals surface area contributed by atoms with Crippen molar-refractivity contribution in [1.82, 2.24) is 4.57 Å². The first-order chi connectivity index (χ1) is 8.10. The molecule has 2 aromatic rings. The standard InChI is InChI=1S/C13H17FN2O/c1-8(6-15)9-7-16(2)13-10(14)4-5-11(17-3)12(9)13/h4-5,7-8H,6,15H2,1-3H3. The molecule has 0 aliphatic carbocycles. The molecule has 17 heavy (non-hydrogen) atoms. The number of benzene rings is 1. The second-order valence-corrected chi connectivity index (χ2v) is 4.31. The lowest BCUT2D eigenvalue weighted by Crippen LogP contribution is -2.08. The van der Waals surface area contributed by atoms with Gasteiger partial charge in [-0.15, -0.1) is 0 Å². The summed E-state index contributed by atoms with van der Waals surface area (Å²) >= 11 is 0. The number of hydrogen-bond acceptors (Lipinski definition) is 2. The Bertz CT molecular complexity index is 548. The molecule has 2 N–H and O–H groups in total. The summed E-state index contributed by atoms with van der Waals surface area (Å²) in [6.07, 6.45) is 1.92. The zero-order chi connectivity index (χ0) is 12.6. The van der Waals surface area contributed by atoms with Gasteiger partial charge in [-0.3, -0.25) is 0 Å². The number of halogens is 1. The Balaban J connectivity index is 2.82. The van der Waals surface area contributed by atoms with E-state index in [4.69, 9.17) is 10.5 Å². The zero-order valence-electron chi connectivity index (χ0n) is 10.3. The van der Waals surface area contributed by atoms with Gasteiger partial charge >= 0.3 is 0 Å². The second-order valence-electron chi connectivity index (χ2n) is 4.31. The molecule has 92 valence electrons. The van der Waals surface area contributed by atoms with E-state index in [9.17, 15) is 4.39 Å². The lowest BCUT2D eigenvalue weighted by atomic mass is 10.00. The highest BCUT2D eigenvalue weighted by Crippen LogP contribution is 2.35. The van der Waals surface area contributed by atoms with Gasteiger partial charge in [0.05, 0.1) is 12.6 Å². The fraction of sp³-hybridized carbons (Fsp3) is 0.385. The molecule has 1 heterocycles. The Kier molecular flexibility index (Phi) is 3.07. The minimum Gasteiger partial charge on any atom is -0.496 e. The molecule has 0 fully saturated rings. The Labute approximate surface area is 100.0 Å². The smallest absolute Gasteiger partial charge is 0.147 e. The molecule has 0 amide bonds. The van der Waals surface area contributed by atoms with Gasteiger partial charge in [0, 0.05) is 18.6 Å². The average Bonchev–Trinajstić information content (AvgIpc) is 2.68. The predicted molar refractivity (Wildman–Crippen MR) is 66.9 cm³/mol. The minimum atomic E-state index is -0.237.